The molecule has 0 fully saturated rings. The summed E-state index contributed by atoms with van der Waals surface area (Å²) in [5, 5.41) is 10.8. The van der Waals surface area contributed by atoms with E-state index in [1.165, 1.54) is 10.8 Å². The molecule has 1 heterocycles. The van der Waals surface area contributed by atoms with Gasteiger partial charge in [-0.1, -0.05) is 49.9 Å². The topological polar surface area (TPSA) is 28.8 Å². The quantitative estimate of drug-likeness (QED) is 0.537. The Labute approximate surface area is 122 Å². The molecule has 0 aliphatic rings. The van der Waals surface area contributed by atoms with Crippen LogP contribution in [0, 0.1) is 5.41 Å². The summed E-state index contributed by atoms with van der Waals surface area (Å²) in [5.41, 5.74) is 2.13. The molecule has 0 radical (unpaired) electrons. The first-order valence-corrected chi connectivity index (χ1v) is 7.61. The lowest BCUT2D eigenvalue weighted by atomic mass is 10.2. The zero-order valence-corrected chi connectivity index (χ0v) is 12.2. The lowest BCUT2D eigenvalue weighted by molar-refractivity contribution is 1.24. The highest BCUT2D eigenvalue weighted by Crippen LogP contribution is 2.30. The molecule has 0 aliphatic heterocycles. The zero-order valence-electron chi connectivity index (χ0n) is 11.4. The van der Waals surface area contributed by atoms with E-state index >= 15 is 0 Å². The largest absolute Gasteiger partial charge is 0.293 e. The van der Waals surface area contributed by atoms with Crippen molar-refractivity contribution in [1.29, 1.82) is 5.41 Å². The third kappa shape index (κ3) is 1.95. The molecule has 0 saturated carbocycles. The van der Waals surface area contributed by atoms with Crippen molar-refractivity contribution in [3.05, 3.63) is 60.0 Å². The van der Waals surface area contributed by atoms with Gasteiger partial charge in [-0.3, -0.25) is 9.98 Å². The van der Waals surface area contributed by atoms with Crippen molar-refractivity contribution in [2.24, 2.45) is 0 Å². The van der Waals surface area contributed by atoms with Crippen LogP contribution in [0.25, 0.3) is 21.8 Å². The Hall–Kier alpha value is -2.00. The second-order valence-corrected chi connectivity index (χ2v) is 5.93. The van der Waals surface area contributed by atoms with Crippen LogP contribution in [-0.2, 0) is 0 Å². The molecule has 3 rings (SSSR count). The van der Waals surface area contributed by atoms with Crippen molar-refractivity contribution in [2.45, 2.75) is 6.92 Å². The van der Waals surface area contributed by atoms with E-state index in [2.05, 4.69) is 37.8 Å². The SMILES string of the molecule is C=C(SCC)C(=N)n1c2ccccc2c2ccccc21. The third-order valence-corrected chi connectivity index (χ3v) is 4.22. The summed E-state index contributed by atoms with van der Waals surface area (Å²) in [5.74, 6) is 1.40. The van der Waals surface area contributed by atoms with Crippen LogP contribution in [0.15, 0.2) is 60.0 Å². The van der Waals surface area contributed by atoms with Gasteiger partial charge in [-0.15, -0.1) is 11.8 Å². The van der Waals surface area contributed by atoms with Crippen LogP contribution in [-0.4, -0.2) is 16.2 Å². The van der Waals surface area contributed by atoms with E-state index in [1.807, 2.05) is 28.8 Å². The number of fused-ring (bicyclic) bond motifs is 3. The number of allylic oxidation sites excluding steroid dienone is 1. The predicted octanol–water partition coefficient (Wildman–Crippen LogP) is 4.89. The molecule has 0 saturated heterocycles. The van der Waals surface area contributed by atoms with Gasteiger partial charge in [-0.05, 0) is 17.9 Å². The van der Waals surface area contributed by atoms with E-state index in [0.717, 1.165) is 21.7 Å². The van der Waals surface area contributed by atoms with Crippen molar-refractivity contribution in [2.75, 3.05) is 5.75 Å². The summed E-state index contributed by atoms with van der Waals surface area (Å²) in [6, 6.07) is 16.5. The molecule has 0 atom stereocenters. The lowest BCUT2D eigenvalue weighted by Gasteiger charge is -2.10. The van der Waals surface area contributed by atoms with Gasteiger partial charge in [0.05, 0.1) is 11.0 Å². The molecule has 0 spiro atoms. The van der Waals surface area contributed by atoms with Gasteiger partial charge in [0.1, 0.15) is 5.84 Å². The maximum Gasteiger partial charge on any atom is 0.143 e. The highest BCUT2D eigenvalue weighted by molar-refractivity contribution is 8.03. The van der Waals surface area contributed by atoms with Crippen LogP contribution in [0.2, 0.25) is 0 Å². The molecule has 0 amide bonds. The number of aromatic nitrogens is 1. The number of hydrogen-bond donors (Lipinski definition) is 1. The molecule has 0 bridgehead atoms. The Bertz CT molecular complexity index is 761. The third-order valence-electron chi connectivity index (χ3n) is 3.39. The Morgan fingerprint density at radius 2 is 1.55 bits per heavy atom. The molecule has 20 heavy (non-hydrogen) atoms. The summed E-state index contributed by atoms with van der Waals surface area (Å²) in [7, 11) is 0. The van der Waals surface area contributed by atoms with Gasteiger partial charge in [-0.25, -0.2) is 0 Å². The molecular formula is C17H16N2S. The number of rotatable bonds is 3. The average molecular weight is 280 g/mol. The second kappa shape index (κ2) is 5.17. The van der Waals surface area contributed by atoms with Gasteiger partial charge >= 0.3 is 0 Å². The minimum atomic E-state index is 0.467. The summed E-state index contributed by atoms with van der Waals surface area (Å²) in [6.07, 6.45) is 0. The molecule has 0 unspecified atom stereocenters. The number of nitrogens with one attached hydrogen (secondary N) is 1. The van der Waals surface area contributed by atoms with E-state index in [-0.39, 0.29) is 0 Å². The normalized spacial score (nSPS) is 11.1. The van der Waals surface area contributed by atoms with Crippen LogP contribution in [0.1, 0.15) is 6.92 Å². The number of benzene rings is 2. The smallest absolute Gasteiger partial charge is 0.143 e. The fourth-order valence-electron chi connectivity index (χ4n) is 2.53. The number of hydrogen-bond acceptors (Lipinski definition) is 2. The maximum absolute atomic E-state index is 8.46. The van der Waals surface area contributed by atoms with Crippen molar-refractivity contribution in [3.63, 3.8) is 0 Å². The predicted molar refractivity (Wildman–Crippen MR) is 89.8 cm³/mol. The molecule has 0 aliphatic carbocycles. The van der Waals surface area contributed by atoms with Gasteiger partial charge in [0.25, 0.3) is 0 Å². The van der Waals surface area contributed by atoms with Crippen molar-refractivity contribution in [3.8, 4) is 0 Å². The average Bonchev–Trinajstić information content (AvgIpc) is 2.81. The van der Waals surface area contributed by atoms with E-state index < -0.39 is 0 Å². The molecule has 1 N–H and O–H groups in total. The molecular weight excluding hydrogens is 264 g/mol. The minimum absolute atomic E-state index is 0.467. The summed E-state index contributed by atoms with van der Waals surface area (Å²) >= 11 is 1.61. The van der Waals surface area contributed by atoms with Crippen molar-refractivity contribution in [1.82, 2.24) is 4.57 Å². The summed E-state index contributed by atoms with van der Waals surface area (Å²) in [6.45, 7) is 6.11. The number of para-hydroxylation sites is 2. The Morgan fingerprint density at radius 3 is 2.05 bits per heavy atom. The van der Waals surface area contributed by atoms with E-state index in [9.17, 15) is 0 Å². The number of thioether (sulfide) groups is 1. The first-order valence-electron chi connectivity index (χ1n) is 6.63. The van der Waals surface area contributed by atoms with Crippen LogP contribution in [0.5, 0.6) is 0 Å². The Balaban J connectivity index is 2.32. The fraction of sp³-hybridized carbons (Fsp3) is 0.118. The Morgan fingerprint density at radius 1 is 1.05 bits per heavy atom. The van der Waals surface area contributed by atoms with Crippen LogP contribution < -0.4 is 0 Å². The van der Waals surface area contributed by atoms with Crippen LogP contribution >= 0.6 is 11.8 Å². The van der Waals surface area contributed by atoms with Crippen molar-refractivity contribution < 1.29 is 0 Å². The van der Waals surface area contributed by atoms with Gasteiger partial charge in [-0.2, -0.15) is 0 Å². The van der Waals surface area contributed by atoms with Crippen LogP contribution in [0.4, 0.5) is 0 Å². The van der Waals surface area contributed by atoms with E-state index in [1.54, 1.807) is 11.8 Å². The maximum atomic E-state index is 8.46. The Kier molecular flexibility index (Phi) is 3.36. The first-order chi connectivity index (χ1) is 9.74. The molecule has 2 aromatic carbocycles. The fourth-order valence-corrected chi connectivity index (χ4v) is 3.11. The standard InChI is InChI=1S/C17H16N2S/c1-3-20-12(2)17(18)19-15-10-6-4-8-13(15)14-9-5-7-11-16(14)19/h4-11,18H,2-3H2,1H3. The summed E-state index contributed by atoms with van der Waals surface area (Å²) in [4.78, 5) is 0.805. The molecule has 100 valence electrons. The van der Waals surface area contributed by atoms with E-state index in [4.69, 9.17) is 5.41 Å². The monoisotopic (exact) mass is 280 g/mol. The van der Waals surface area contributed by atoms with Gasteiger partial charge < -0.3 is 0 Å². The first kappa shape index (κ1) is 13.0. The highest BCUT2D eigenvalue weighted by atomic mass is 32.2. The number of nitrogens with zero attached hydrogens (tertiary/aromatic N) is 1. The molecule has 3 heteroatoms. The molecule has 2 nitrogen and oxygen atoms in total. The van der Waals surface area contributed by atoms with Gasteiger partial charge in [0.2, 0.25) is 0 Å². The van der Waals surface area contributed by atoms with Gasteiger partial charge in [0, 0.05) is 15.7 Å². The van der Waals surface area contributed by atoms with Crippen LogP contribution in [0.3, 0.4) is 0 Å². The highest BCUT2D eigenvalue weighted by Gasteiger charge is 2.14. The van der Waals surface area contributed by atoms with Gasteiger partial charge in [0.15, 0.2) is 0 Å². The summed E-state index contributed by atoms with van der Waals surface area (Å²) < 4.78 is 2.00. The minimum Gasteiger partial charge on any atom is -0.293 e. The van der Waals surface area contributed by atoms with E-state index in [0.29, 0.717) is 5.84 Å². The second-order valence-electron chi connectivity index (χ2n) is 4.57. The molecule has 1 aromatic heterocycles. The molecule has 3 aromatic rings. The van der Waals surface area contributed by atoms with Crippen molar-refractivity contribution >= 4 is 39.4 Å². The lowest BCUT2D eigenvalue weighted by Crippen LogP contribution is -2.10. The zero-order chi connectivity index (χ0) is 14.1.